The summed E-state index contributed by atoms with van der Waals surface area (Å²) in [7, 11) is 6.15. The third kappa shape index (κ3) is 8.08. The quantitative estimate of drug-likeness (QED) is 0.106. The van der Waals surface area contributed by atoms with Crippen molar-refractivity contribution in [2.75, 3.05) is 68.4 Å². The Kier molecular flexibility index (Phi) is 14.6. The molecule has 58 heavy (non-hydrogen) atoms. The van der Waals surface area contributed by atoms with E-state index >= 15 is 0 Å². The molecule has 14 nitrogen and oxygen atoms in total. The lowest BCUT2D eigenvalue weighted by Crippen LogP contribution is -2.60. The molecular weight excluding hydrogens is 761 g/mol. The highest BCUT2D eigenvalue weighted by Crippen LogP contribution is 2.54. The van der Waals surface area contributed by atoms with Crippen LogP contribution >= 0.6 is 0 Å². The van der Waals surface area contributed by atoms with Crippen LogP contribution in [-0.4, -0.2) is 127 Å². The van der Waals surface area contributed by atoms with E-state index in [1.165, 1.54) is 14.2 Å². The van der Waals surface area contributed by atoms with Crippen LogP contribution in [0.4, 0.5) is 0 Å². The van der Waals surface area contributed by atoms with Crippen molar-refractivity contribution in [1.82, 2.24) is 15.1 Å². The fourth-order valence-electron chi connectivity index (χ4n) is 9.61. The van der Waals surface area contributed by atoms with Crippen molar-refractivity contribution in [3.05, 3.63) is 44.8 Å². The van der Waals surface area contributed by atoms with Gasteiger partial charge in [-0.25, -0.2) is 16.3 Å². The van der Waals surface area contributed by atoms with E-state index in [1.807, 2.05) is 14.0 Å². The van der Waals surface area contributed by atoms with E-state index in [0.717, 1.165) is 12.0 Å². The molecule has 2 aromatic carbocycles. The summed E-state index contributed by atoms with van der Waals surface area (Å²) in [6.45, 7) is 27.7. The van der Waals surface area contributed by atoms with Crippen molar-refractivity contribution < 1.29 is 47.9 Å². The molecule has 0 amide bonds. The average molecular weight is 827 g/mol. The number of hydrogen-bond acceptors (Lipinski definition) is 13. The first-order valence-corrected chi connectivity index (χ1v) is 23.1. The predicted molar refractivity (Wildman–Crippen MR) is 224 cm³/mol. The molecule has 15 heteroatoms. The molecule has 3 N–H and O–H groups in total. The van der Waals surface area contributed by atoms with Gasteiger partial charge in [0, 0.05) is 65.5 Å². The molecule has 322 valence electrons. The van der Waals surface area contributed by atoms with Crippen LogP contribution in [-0.2, 0) is 31.5 Å². The maximum Gasteiger partial charge on any atom is 0.327 e. The first-order chi connectivity index (χ1) is 27.6. The van der Waals surface area contributed by atoms with Gasteiger partial charge in [-0.3, -0.25) is 15.1 Å². The van der Waals surface area contributed by atoms with Crippen molar-refractivity contribution in [3.8, 4) is 34.5 Å². The van der Waals surface area contributed by atoms with Crippen LogP contribution < -0.4 is 24.3 Å². The van der Waals surface area contributed by atoms with Crippen LogP contribution in [0.3, 0.4) is 0 Å². The van der Waals surface area contributed by atoms with Crippen LogP contribution in [0.5, 0.6) is 34.5 Å². The van der Waals surface area contributed by atoms with Gasteiger partial charge in [0.1, 0.15) is 23.6 Å². The van der Waals surface area contributed by atoms with Gasteiger partial charge in [-0.15, -0.1) is 0 Å². The van der Waals surface area contributed by atoms with Crippen molar-refractivity contribution in [3.63, 3.8) is 0 Å². The summed E-state index contributed by atoms with van der Waals surface area (Å²) in [5, 5.41) is 27.3. The van der Waals surface area contributed by atoms with Gasteiger partial charge in [0.2, 0.25) is 0 Å². The van der Waals surface area contributed by atoms with E-state index in [-0.39, 0.29) is 48.2 Å². The van der Waals surface area contributed by atoms with Gasteiger partial charge in [-0.2, -0.15) is 0 Å². The Morgan fingerprint density at radius 1 is 0.931 bits per heavy atom. The molecule has 0 saturated carbocycles. The number of fused-ring (bicyclic) bond motifs is 2. The highest BCUT2D eigenvalue weighted by Gasteiger charge is 2.51. The molecule has 6 atom stereocenters. The van der Waals surface area contributed by atoms with Crippen LogP contribution in [0, 0.1) is 20.4 Å². The van der Waals surface area contributed by atoms with Gasteiger partial charge in [-0.1, -0.05) is 27.7 Å². The molecule has 1 saturated heterocycles. The number of benzene rings is 2. The fourth-order valence-corrected chi connectivity index (χ4v) is 12.2. The molecule has 3 unspecified atom stereocenters. The van der Waals surface area contributed by atoms with E-state index in [1.54, 1.807) is 28.1 Å². The number of ether oxygens (including phenoxy) is 6. The summed E-state index contributed by atoms with van der Waals surface area (Å²) in [6.07, 6.45) is 0.730. The zero-order chi connectivity index (χ0) is 42.8. The first kappa shape index (κ1) is 45.3. The van der Waals surface area contributed by atoms with Gasteiger partial charge in [0.15, 0.2) is 31.3 Å². The number of morpholine rings is 1. The molecule has 0 aliphatic carbocycles. The molecule has 5 rings (SSSR count). The van der Waals surface area contributed by atoms with Crippen LogP contribution in [0.2, 0.25) is 17.6 Å². The normalized spacial score (nSPS) is 23.2. The molecule has 3 heterocycles. The third-order valence-corrected chi connectivity index (χ3v) is 18.6. The lowest BCUT2D eigenvalue weighted by Gasteiger charge is -2.48. The van der Waals surface area contributed by atoms with Crippen molar-refractivity contribution >= 4 is 14.3 Å². The number of aromatic hydroxyl groups is 2. The van der Waals surface area contributed by atoms with Crippen molar-refractivity contribution in [1.29, 1.82) is 0 Å². The van der Waals surface area contributed by atoms with E-state index in [4.69, 9.17) is 39.4 Å². The van der Waals surface area contributed by atoms with E-state index in [2.05, 4.69) is 54.2 Å². The Hall–Kier alpha value is -3.78. The largest absolute Gasteiger partial charge is 0.504 e. The number of methoxy groups -OCH3 is 4. The number of esters is 1. The lowest BCUT2D eigenvalue weighted by atomic mass is 9.77. The summed E-state index contributed by atoms with van der Waals surface area (Å²) in [4.78, 5) is 22.5. The van der Waals surface area contributed by atoms with Gasteiger partial charge < -0.3 is 43.1 Å². The zero-order valence-electron chi connectivity index (χ0n) is 36.8. The number of likely N-dealkylation sites (N-methyl/N-ethyl adjacent to an activating group) is 1. The minimum atomic E-state index is -1.94. The summed E-state index contributed by atoms with van der Waals surface area (Å²) in [5.74, 6) is 0.770. The van der Waals surface area contributed by atoms with Gasteiger partial charge in [0.25, 0.3) is 6.17 Å². The number of rotatable bonds is 15. The molecule has 1 fully saturated rings. The van der Waals surface area contributed by atoms with Gasteiger partial charge >= 0.3 is 5.97 Å². The Labute approximate surface area is 346 Å². The highest BCUT2D eigenvalue weighted by molar-refractivity contribution is 6.75. The molecule has 2 aromatic rings. The van der Waals surface area contributed by atoms with Crippen molar-refractivity contribution in [2.45, 2.75) is 122 Å². The molecule has 0 aromatic heterocycles. The Balaban J connectivity index is 1.60. The smallest absolute Gasteiger partial charge is 0.327 e. The Bertz CT molecular complexity index is 1840. The van der Waals surface area contributed by atoms with E-state index in [9.17, 15) is 15.0 Å². The van der Waals surface area contributed by atoms with E-state index in [0.29, 0.717) is 83.1 Å². The predicted octanol–water partition coefficient (Wildman–Crippen LogP) is 6.21. The number of nitrogens with zero attached hydrogens (tertiary/aromatic N) is 3. The summed E-state index contributed by atoms with van der Waals surface area (Å²) >= 11 is 0. The number of phenolic OH excluding ortho intramolecular Hbond substituents is 2. The second kappa shape index (κ2) is 18.6. The second-order valence-electron chi connectivity index (χ2n) is 16.6. The molecule has 3 aliphatic rings. The minimum absolute atomic E-state index is 0.0313. The van der Waals surface area contributed by atoms with Crippen molar-refractivity contribution in [2.24, 2.45) is 0 Å². The molecule has 0 radical (unpaired) electrons. The number of nitrogens with one attached hydrogen (secondary N) is 1. The maximum absolute atomic E-state index is 13.9. The minimum Gasteiger partial charge on any atom is -0.504 e. The zero-order valence-corrected chi connectivity index (χ0v) is 37.8. The standard InChI is InChI=1S/C43H66N4O10Si/c1-15-55-43(50)34-32-28(38(51-10)25(6)40(53-12)36(32)48)20-30(45-34)35-33-29(39(52-11)26(7)41(54-13)37(33)49)21-31(46(35)9)42(44-8)47-17-19-56-27(22-47)16-18-57-58(14,23(2)3)24(4)5/h23-24,27,30-31,34-35,42,45,48-49H,15-22H2,1-7,9-14H3/t27-,30?,31?,34+,35?,42-/m0/s1. The van der Waals surface area contributed by atoms with E-state index < -0.39 is 38.6 Å². The topological polar surface area (TPSA) is 145 Å². The SMILES string of the molecule is [C-]#[N+][C@H](C1Cc2c(OC)c(C)c(OC)c(O)c2C(C2Cc3c(OC)c(C)c(OC)c(O)c3[C@H](C(=O)OCC)N2)N1C)N1CCO[C@@H](CCO[Si](C)(C(C)C)C(C)C)C1. The first-order valence-electron chi connectivity index (χ1n) is 20.5. The number of carbonyl (C=O) groups is 1. The Morgan fingerprint density at radius 2 is 1.48 bits per heavy atom. The fraction of sp³-hybridized carbons (Fsp3) is 0.674. The maximum atomic E-state index is 13.9. The molecule has 0 spiro atoms. The summed E-state index contributed by atoms with van der Waals surface area (Å²) < 4.78 is 42.0. The van der Waals surface area contributed by atoms with Crippen LogP contribution in [0.15, 0.2) is 0 Å². The molecular formula is C43H66N4O10Si. The molecule has 3 aliphatic heterocycles. The number of carbonyl (C=O) groups excluding carboxylic acids is 1. The van der Waals surface area contributed by atoms with Gasteiger partial charge in [-0.05, 0) is 58.3 Å². The third-order valence-electron chi connectivity index (χ3n) is 13.2. The monoisotopic (exact) mass is 826 g/mol. The van der Waals surface area contributed by atoms with Crippen LogP contribution in [0.25, 0.3) is 4.85 Å². The summed E-state index contributed by atoms with van der Waals surface area (Å²) in [6, 6.07) is -2.68. The molecule has 0 bridgehead atoms. The number of phenols is 2. The van der Waals surface area contributed by atoms with Crippen LogP contribution in [0.1, 0.15) is 86.5 Å². The number of hydrogen-bond donors (Lipinski definition) is 3. The highest BCUT2D eigenvalue weighted by atomic mass is 28.4. The van der Waals surface area contributed by atoms with Gasteiger partial charge in [0.05, 0.1) is 53.8 Å². The average Bonchev–Trinajstić information content (AvgIpc) is 3.19. The summed E-state index contributed by atoms with van der Waals surface area (Å²) in [5.41, 5.74) is 4.49. The lowest BCUT2D eigenvalue weighted by molar-refractivity contribution is -0.146. The second-order valence-corrected chi connectivity index (χ2v) is 21.5. The Morgan fingerprint density at radius 3 is 2.00 bits per heavy atom.